The van der Waals surface area contributed by atoms with Crippen LogP contribution in [0.4, 0.5) is 11.6 Å². The average Bonchev–Trinajstić information content (AvgIpc) is 2.97. The molecule has 1 aromatic carbocycles. The van der Waals surface area contributed by atoms with Crippen molar-refractivity contribution in [2.45, 2.75) is 24.3 Å². The third-order valence-corrected chi connectivity index (χ3v) is 4.41. The number of anilines is 2. The first kappa shape index (κ1) is 17.0. The zero-order valence-electron chi connectivity index (χ0n) is 13.8. The van der Waals surface area contributed by atoms with Gasteiger partial charge in [-0.05, 0) is 19.4 Å². The highest BCUT2D eigenvalue weighted by atomic mass is 32.2. The van der Waals surface area contributed by atoms with Gasteiger partial charge < -0.3 is 15.6 Å². The van der Waals surface area contributed by atoms with E-state index in [9.17, 15) is 4.79 Å². The molecule has 128 valence electrons. The first-order valence-electron chi connectivity index (χ1n) is 7.58. The number of rotatable bonds is 5. The summed E-state index contributed by atoms with van der Waals surface area (Å²) in [7, 11) is 0. The van der Waals surface area contributed by atoms with Gasteiger partial charge in [0.05, 0.1) is 0 Å². The molecule has 1 amide bonds. The predicted molar refractivity (Wildman–Crippen MR) is 96.1 cm³/mol. The molecular weight excluding hydrogens is 338 g/mol. The summed E-state index contributed by atoms with van der Waals surface area (Å²) >= 11 is 1.23. The smallest absolute Gasteiger partial charge is 0.243 e. The van der Waals surface area contributed by atoms with E-state index < -0.39 is 5.25 Å². The minimum Gasteiger partial charge on any atom is -0.384 e. The molecule has 3 rings (SSSR count). The van der Waals surface area contributed by atoms with E-state index in [2.05, 4.69) is 20.4 Å². The molecule has 0 bridgehead atoms. The lowest BCUT2D eigenvalue weighted by Gasteiger charge is -2.15. The van der Waals surface area contributed by atoms with Gasteiger partial charge in [-0.1, -0.05) is 47.3 Å². The third-order valence-electron chi connectivity index (χ3n) is 3.30. The lowest BCUT2D eigenvalue weighted by Crippen LogP contribution is -2.19. The number of carbonyl (C=O) groups excluding carboxylic acids is 1. The lowest BCUT2D eigenvalue weighted by molar-refractivity contribution is -0.115. The van der Waals surface area contributed by atoms with Crippen LogP contribution < -0.4 is 11.1 Å². The molecule has 0 unspecified atom stereocenters. The van der Waals surface area contributed by atoms with Gasteiger partial charge in [0.25, 0.3) is 0 Å². The minimum absolute atomic E-state index is 0.242. The quantitative estimate of drug-likeness (QED) is 0.535. The lowest BCUT2D eigenvalue weighted by atomic mass is 10.1. The van der Waals surface area contributed by atoms with Gasteiger partial charge in [-0.2, -0.15) is 0 Å². The summed E-state index contributed by atoms with van der Waals surface area (Å²) in [5.41, 5.74) is 7.36. The summed E-state index contributed by atoms with van der Waals surface area (Å²) in [5.74, 6) is 1.12. The van der Waals surface area contributed by atoms with E-state index in [0.717, 1.165) is 11.3 Å². The number of carbonyl (C=O) groups is 1. The van der Waals surface area contributed by atoms with Gasteiger partial charge in [0.2, 0.25) is 5.91 Å². The summed E-state index contributed by atoms with van der Waals surface area (Å²) in [5, 5.41) is 6.45. The van der Waals surface area contributed by atoms with Gasteiger partial charge in [-0.25, -0.2) is 9.97 Å². The Kier molecular flexibility index (Phi) is 4.99. The minimum atomic E-state index is -0.556. The molecule has 0 saturated heterocycles. The standard InChI is InChI=1S/C17H17N5O2S/c1-10-8-13(18)20-17(19-10)25-15(12-6-4-3-5-7-12)16(23)21-14-9-11(2)24-22-14/h3-9,15H,1-2H3,(H2,18,19,20)(H,21,22,23)/t15-/m0/s1. The van der Waals surface area contributed by atoms with Crippen LogP contribution in [-0.4, -0.2) is 21.0 Å². The van der Waals surface area contributed by atoms with Crippen LogP contribution in [0.5, 0.6) is 0 Å². The number of benzene rings is 1. The second-order valence-corrected chi connectivity index (χ2v) is 6.51. The Bertz CT molecular complexity index is 862. The summed E-state index contributed by atoms with van der Waals surface area (Å²) in [6, 6.07) is 12.7. The van der Waals surface area contributed by atoms with Crippen LogP contribution >= 0.6 is 11.8 Å². The molecule has 1 atom stereocenters. The number of nitrogens with one attached hydrogen (secondary N) is 1. The van der Waals surface area contributed by atoms with E-state index in [4.69, 9.17) is 10.3 Å². The maximum absolute atomic E-state index is 12.8. The highest BCUT2D eigenvalue weighted by Gasteiger charge is 2.24. The van der Waals surface area contributed by atoms with Gasteiger partial charge in [0.15, 0.2) is 11.0 Å². The van der Waals surface area contributed by atoms with Gasteiger partial charge in [-0.3, -0.25) is 4.79 Å². The first-order valence-corrected chi connectivity index (χ1v) is 8.46. The number of thioether (sulfide) groups is 1. The maximum atomic E-state index is 12.8. The molecule has 0 spiro atoms. The molecule has 7 nitrogen and oxygen atoms in total. The van der Waals surface area contributed by atoms with Crippen molar-refractivity contribution in [2.75, 3.05) is 11.1 Å². The first-order chi connectivity index (χ1) is 12.0. The molecular formula is C17H17N5O2S. The highest BCUT2D eigenvalue weighted by molar-refractivity contribution is 8.00. The van der Waals surface area contributed by atoms with Crippen LogP contribution in [-0.2, 0) is 4.79 Å². The van der Waals surface area contributed by atoms with Gasteiger partial charge in [-0.15, -0.1) is 0 Å². The fourth-order valence-corrected chi connectivity index (χ4v) is 3.27. The van der Waals surface area contributed by atoms with Crippen molar-refractivity contribution in [3.8, 4) is 0 Å². The molecule has 3 N–H and O–H groups in total. The maximum Gasteiger partial charge on any atom is 0.243 e. The van der Waals surface area contributed by atoms with Crippen molar-refractivity contribution in [1.82, 2.24) is 15.1 Å². The van der Waals surface area contributed by atoms with E-state index in [-0.39, 0.29) is 5.91 Å². The van der Waals surface area contributed by atoms with Crippen molar-refractivity contribution in [2.24, 2.45) is 0 Å². The summed E-state index contributed by atoms with van der Waals surface area (Å²) in [4.78, 5) is 21.4. The zero-order chi connectivity index (χ0) is 17.8. The summed E-state index contributed by atoms with van der Waals surface area (Å²) < 4.78 is 4.99. The van der Waals surface area contributed by atoms with Crippen LogP contribution in [0, 0.1) is 13.8 Å². The SMILES string of the molecule is Cc1cc(N)nc(S[C@H](C(=O)Nc2cc(C)on2)c2ccccc2)n1. The normalized spacial score (nSPS) is 11.9. The largest absolute Gasteiger partial charge is 0.384 e. The predicted octanol–water partition coefficient (Wildman–Crippen LogP) is 3.14. The molecule has 0 saturated carbocycles. The number of aryl methyl sites for hydroxylation is 2. The Morgan fingerprint density at radius 3 is 2.60 bits per heavy atom. The van der Waals surface area contributed by atoms with Crippen molar-refractivity contribution < 1.29 is 9.32 Å². The van der Waals surface area contributed by atoms with Crippen LogP contribution in [0.2, 0.25) is 0 Å². The number of hydrogen-bond donors (Lipinski definition) is 2. The zero-order valence-corrected chi connectivity index (χ0v) is 14.6. The van der Waals surface area contributed by atoms with Gasteiger partial charge >= 0.3 is 0 Å². The molecule has 0 aliphatic rings. The molecule has 25 heavy (non-hydrogen) atoms. The van der Waals surface area contributed by atoms with Crippen LogP contribution in [0.1, 0.15) is 22.3 Å². The second-order valence-electron chi connectivity index (χ2n) is 5.44. The number of aromatic nitrogens is 3. The number of nitrogens with two attached hydrogens (primary N) is 1. The van der Waals surface area contributed by atoms with Crippen LogP contribution in [0.15, 0.2) is 52.1 Å². The molecule has 2 heterocycles. The molecule has 0 radical (unpaired) electrons. The van der Waals surface area contributed by atoms with Crippen molar-refractivity contribution in [3.63, 3.8) is 0 Å². The van der Waals surface area contributed by atoms with Crippen molar-refractivity contribution in [1.29, 1.82) is 0 Å². The van der Waals surface area contributed by atoms with E-state index in [1.807, 2.05) is 37.3 Å². The fourth-order valence-electron chi connectivity index (χ4n) is 2.24. The molecule has 0 aliphatic carbocycles. The Labute approximate surface area is 149 Å². The molecule has 0 fully saturated rings. The number of hydrogen-bond acceptors (Lipinski definition) is 7. The summed E-state index contributed by atoms with van der Waals surface area (Å²) in [6.07, 6.45) is 0. The number of amides is 1. The van der Waals surface area contributed by atoms with E-state index in [1.165, 1.54) is 11.8 Å². The van der Waals surface area contributed by atoms with Gasteiger partial charge in [0.1, 0.15) is 16.8 Å². The number of nitrogen functional groups attached to an aromatic ring is 1. The highest BCUT2D eigenvalue weighted by Crippen LogP contribution is 2.34. The Hall–Kier alpha value is -2.87. The van der Waals surface area contributed by atoms with E-state index in [0.29, 0.717) is 22.6 Å². The Morgan fingerprint density at radius 2 is 1.96 bits per heavy atom. The fraction of sp³-hybridized carbons (Fsp3) is 0.176. The van der Waals surface area contributed by atoms with E-state index in [1.54, 1.807) is 19.1 Å². The Morgan fingerprint density at radius 1 is 1.20 bits per heavy atom. The molecule has 2 aromatic heterocycles. The topological polar surface area (TPSA) is 107 Å². The summed E-state index contributed by atoms with van der Waals surface area (Å²) in [6.45, 7) is 3.59. The van der Waals surface area contributed by atoms with Gasteiger partial charge in [0, 0.05) is 17.8 Å². The van der Waals surface area contributed by atoms with Crippen LogP contribution in [0.3, 0.4) is 0 Å². The average molecular weight is 355 g/mol. The van der Waals surface area contributed by atoms with Crippen molar-refractivity contribution >= 4 is 29.3 Å². The Balaban J connectivity index is 1.88. The van der Waals surface area contributed by atoms with Crippen LogP contribution in [0.25, 0.3) is 0 Å². The molecule has 8 heteroatoms. The number of nitrogens with zero attached hydrogens (tertiary/aromatic N) is 3. The molecule has 3 aromatic rings. The third kappa shape index (κ3) is 4.36. The molecule has 0 aliphatic heterocycles. The monoisotopic (exact) mass is 355 g/mol. The van der Waals surface area contributed by atoms with Crippen molar-refractivity contribution in [3.05, 3.63) is 59.5 Å². The second kappa shape index (κ2) is 7.35. The van der Waals surface area contributed by atoms with E-state index >= 15 is 0 Å².